The van der Waals surface area contributed by atoms with Crippen LogP contribution < -0.4 is 19.7 Å². The summed E-state index contributed by atoms with van der Waals surface area (Å²) >= 11 is 0. The van der Waals surface area contributed by atoms with Gasteiger partial charge in [0.15, 0.2) is 18.1 Å². The molecule has 1 amide bonds. The Morgan fingerprint density at radius 1 is 1.07 bits per heavy atom. The van der Waals surface area contributed by atoms with Gasteiger partial charge in [0.1, 0.15) is 0 Å². The lowest BCUT2D eigenvalue weighted by molar-refractivity contribution is -0.123. The number of rotatable bonds is 10. The zero-order valence-electron chi connectivity index (χ0n) is 17.4. The molecular weight excluding hydrogens is 372 g/mol. The highest BCUT2D eigenvalue weighted by Gasteiger charge is 2.13. The zero-order chi connectivity index (χ0) is 21.2. The Morgan fingerprint density at radius 3 is 2.52 bits per heavy atom. The van der Waals surface area contributed by atoms with Gasteiger partial charge in [-0.3, -0.25) is 4.79 Å². The molecule has 0 bridgehead atoms. The van der Waals surface area contributed by atoms with E-state index in [1.165, 1.54) is 25.8 Å². The number of amides is 1. The van der Waals surface area contributed by atoms with Gasteiger partial charge in [-0.1, -0.05) is 12.1 Å². The van der Waals surface area contributed by atoms with Gasteiger partial charge >= 0.3 is 5.97 Å². The minimum atomic E-state index is -0.471. The summed E-state index contributed by atoms with van der Waals surface area (Å²) in [6.45, 7) is 6.04. The van der Waals surface area contributed by atoms with E-state index in [-0.39, 0.29) is 12.5 Å². The molecule has 0 aliphatic carbocycles. The van der Waals surface area contributed by atoms with Crippen molar-refractivity contribution in [3.8, 4) is 11.5 Å². The lowest BCUT2D eigenvalue weighted by atomic mass is 10.2. The smallest absolute Gasteiger partial charge is 0.337 e. The topological polar surface area (TPSA) is 77.1 Å². The Hall–Kier alpha value is -3.22. The molecule has 7 nitrogen and oxygen atoms in total. The summed E-state index contributed by atoms with van der Waals surface area (Å²) in [5.74, 6) is 0.0358. The van der Waals surface area contributed by atoms with Crippen molar-refractivity contribution in [2.45, 2.75) is 13.8 Å². The molecule has 0 atom stereocenters. The quantitative estimate of drug-likeness (QED) is 0.618. The summed E-state index contributed by atoms with van der Waals surface area (Å²) in [6, 6.07) is 12.9. The minimum absolute atomic E-state index is 0.148. The maximum atomic E-state index is 12.1. The summed E-state index contributed by atoms with van der Waals surface area (Å²) in [7, 11) is 2.77. The van der Waals surface area contributed by atoms with Gasteiger partial charge in [0, 0.05) is 25.3 Å². The van der Waals surface area contributed by atoms with Crippen molar-refractivity contribution in [1.29, 1.82) is 0 Å². The molecule has 0 aliphatic heterocycles. The van der Waals surface area contributed by atoms with Crippen LogP contribution in [0.15, 0.2) is 42.5 Å². The Labute approximate surface area is 171 Å². The van der Waals surface area contributed by atoms with Crippen LogP contribution in [0.25, 0.3) is 0 Å². The molecular formula is C22H28N2O5. The SMILES string of the molecule is CCN(CCNC(=O)COc1ccc(C(=O)OC)cc1OC)c1cccc(C)c1. The number of aryl methyl sites for hydroxylation is 1. The van der Waals surface area contributed by atoms with E-state index < -0.39 is 5.97 Å². The highest BCUT2D eigenvalue weighted by Crippen LogP contribution is 2.28. The third-order valence-electron chi connectivity index (χ3n) is 4.40. The number of hydrogen-bond donors (Lipinski definition) is 1. The first-order chi connectivity index (χ1) is 14.0. The van der Waals surface area contributed by atoms with Crippen LogP contribution in [0.2, 0.25) is 0 Å². The third kappa shape index (κ3) is 6.41. The second kappa shape index (κ2) is 10.9. The van der Waals surface area contributed by atoms with Gasteiger partial charge < -0.3 is 24.4 Å². The van der Waals surface area contributed by atoms with Gasteiger partial charge in [-0.25, -0.2) is 4.79 Å². The molecule has 0 unspecified atom stereocenters. The zero-order valence-corrected chi connectivity index (χ0v) is 17.4. The standard InChI is InChI=1S/C22H28N2O5/c1-5-24(18-8-6-7-16(2)13-18)12-11-23-21(25)15-29-19-10-9-17(22(26)28-4)14-20(19)27-3/h6-10,13-14H,5,11-12,15H2,1-4H3,(H,23,25). The van der Waals surface area contributed by atoms with Gasteiger partial charge in [0.05, 0.1) is 19.8 Å². The first kappa shape index (κ1) is 22.1. The highest BCUT2D eigenvalue weighted by atomic mass is 16.5. The van der Waals surface area contributed by atoms with E-state index in [1.54, 1.807) is 12.1 Å². The first-order valence-corrected chi connectivity index (χ1v) is 9.46. The van der Waals surface area contributed by atoms with E-state index in [1.807, 2.05) is 6.07 Å². The Kier molecular flexibility index (Phi) is 8.33. The fourth-order valence-electron chi connectivity index (χ4n) is 2.85. The van der Waals surface area contributed by atoms with Gasteiger partial charge in [0.25, 0.3) is 5.91 Å². The van der Waals surface area contributed by atoms with Crippen LogP contribution in [0.5, 0.6) is 11.5 Å². The van der Waals surface area contributed by atoms with E-state index >= 15 is 0 Å². The monoisotopic (exact) mass is 400 g/mol. The van der Waals surface area contributed by atoms with Crippen molar-refractivity contribution < 1.29 is 23.8 Å². The van der Waals surface area contributed by atoms with Crippen molar-refractivity contribution >= 4 is 17.6 Å². The number of carbonyl (C=O) groups is 2. The number of nitrogens with one attached hydrogen (secondary N) is 1. The maximum absolute atomic E-state index is 12.1. The predicted octanol–water partition coefficient (Wildman–Crippen LogP) is 2.81. The second-order valence-electron chi connectivity index (χ2n) is 6.41. The molecule has 0 heterocycles. The molecule has 0 fully saturated rings. The summed E-state index contributed by atoms with van der Waals surface area (Å²) < 4.78 is 15.4. The number of likely N-dealkylation sites (N-methyl/N-ethyl adjacent to an activating group) is 1. The Morgan fingerprint density at radius 2 is 1.86 bits per heavy atom. The molecule has 0 aliphatic rings. The molecule has 29 heavy (non-hydrogen) atoms. The van der Waals surface area contributed by atoms with Crippen molar-refractivity contribution in [1.82, 2.24) is 5.32 Å². The van der Waals surface area contributed by atoms with Crippen LogP contribution in [-0.2, 0) is 9.53 Å². The number of nitrogens with zero attached hydrogens (tertiary/aromatic N) is 1. The summed E-state index contributed by atoms with van der Waals surface area (Å²) in [5.41, 5.74) is 2.68. The second-order valence-corrected chi connectivity index (χ2v) is 6.41. The average molecular weight is 400 g/mol. The molecule has 0 aromatic heterocycles. The van der Waals surface area contributed by atoms with Crippen molar-refractivity contribution in [2.24, 2.45) is 0 Å². The molecule has 0 saturated heterocycles. The number of benzene rings is 2. The van der Waals surface area contributed by atoms with E-state index in [0.717, 1.165) is 12.2 Å². The van der Waals surface area contributed by atoms with Crippen LogP contribution in [0.4, 0.5) is 5.69 Å². The van der Waals surface area contributed by atoms with Crippen molar-refractivity contribution in [3.63, 3.8) is 0 Å². The molecule has 2 rings (SSSR count). The van der Waals surface area contributed by atoms with Gasteiger partial charge in [0.2, 0.25) is 0 Å². The maximum Gasteiger partial charge on any atom is 0.337 e. The third-order valence-corrected chi connectivity index (χ3v) is 4.40. The number of carbonyl (C=O) groups excluding carboxylic acids is 2. The molecule has 0 spiro atoms. The average Bonchev–Trinajstić information content (AvgIpc) is 2.74. The first-order valence-electron chi connectivity index (χ1n) is 9.46. The number of anilines is 1. The number of ether oxygens (including phenoxy) is 3. The minimum Gasteiger partial charge on any atom is -0.493 e. The Balaban J connectivity index is 1.84. The lowest BCUT2D eigenvalue weighted by Gasteiger charge is -2.23. The lowest BCUT2D eigenvalue weighted by Crippen LogP contribution is -2.37. The largest absolute Gasteiger partial charge is 0.493 e. The number of esters is 1. The van der Waals surface area contributed by atoms with Crippen molar-refractivity contribution in [3.05, 3.63) is 53.6 Å². The van der Waals surface area contributed by atoms with E-state index in [0.29, 0.717) is 30.2 Å². The van der Waals surface area contributed by atoms with E-state index in [2.05, 4.69) is 47.0 Å². The summed E-state index contributed by atoms with van der Waals surface area (Å²) in [4.78, 5) is 25.9. The molecule has 1 N–H and O–H groups in total. The molecule has 2 aromatic carbocycles. The molecule has 156 valence electrons. The highest BCUT2D eigenvalue weighted by molar-refractivity contribution is 5.90. The summed E-state index contributed by atoms with van der Waals surface area (Å²) in [5, 5.41) is 2.86. The number of methoxy groups -OCH3 is 2. The van der Waals surface area contributed by atoms with Crippen LogP contribution in [-0.4, -0.2) is 52.3 Å². The van der Waals surface area contributed by atoms with Crippen LogP contribution in [0, 0.1) is 6.92 Å². The van der Waals surface area contributed by atoms with Crippen molar-refractivity contribution in [2.75, 3.05) is 45.4 Å². The van der Waals surface area contributed by atoms with E-state index in [4.69, 9.17) is 9.47 Å². The van der Waals surface area contributed by atoms with Gasteiger partial charge in [-0.15, -0.1) is 0 Å². The van der Waals surface area contributed by atoms with E-state index in [9.17, 15) is 9.59 Å². The predicted molar refractivity (Wildman–Crippen MR) is 112 cm³/mol. The molecule has 2 aromatic rings. The van der Waals surface area contributed by atoms with Crippen LogP contribution in [0.1, 0.15) is 22.8 Å². The normalized spacial score (nSPS) is 10.2. The van der Waals surface area contributed by atoms with Crippen LogP contribution >= 0.6 is 0 Å². The molecule has 0 saturated carbocycles. The summed E-state index contributed by atoms with van der Waals surface area (Å²) in [6.07, 6.45) is 0. The van der Waals surface area contributed by atoms with Crippen LogP contribution in [0.3, 0.4) is 0 Å². The fourth-order valence-corrected chi connectivity index (χ4v) is 2.85. The molecule has 7 heteroatoms. The fraction of sp³-hybridized carbons (Fsp3) is 0.364. The molecule has 0 radical (unpaired) electrons. The Bertz CT molecular complexity index is 838. The number of hydrogen-bond acceptors (Lipinski definition) is 6. The van der Waals surface area contributed by atoms with Gasteiger partial charge in [-0.2, -0.15) is 0 Å². The van der Waals surface area contributed by atoms with Gasteiger partial charge in [-0.05, 0) is 49.7 Å².